The summed E-state index contributed by atoms with van der Waals surface area (Å²) in [7, 11) is -3.13. The monoisotopic (exact) mass is 378 g/mol. The minimum absolute atomic E-state index is 0.00467. The summed E-state index contributed by atoms with van der Waals surface area (Å²) < 4.78 is 33.1. The van der Waals surface area contributed by atoms with Gasteiger partial charge in [-0.15, -0.1) is 0 Å². The number of aromatic amines is 1. The fourth-order valence-corrected chi connectivity index (χ4v) is 3.23. The number of aliphatic hydroxyl groups is 1. The maximum Gasteiger partial charge on any atom is 0.438 e. The highest BCUT2D eigenvalue weighted by atomic mass is 31.2. The minimum atomic E-state index is -4.16. The molecule has 11 nitrogen and oxygen atoms in total. The van der Waals surface area contributed by atoms with Crippen LogP contribution < -0.4 is 11.2 Å². The van der Waals surface area contributed by atoms with Crippen LogP contribution in [0.4, 0.5) is 4.79 Å². The average Bonchev–Trinajstić information content (AvgIpc) is 2.93. The molecular weight excluding hydrogens is 359 g/mol. The van der Waals surface area contributed by atoms with Crippen LogP contribution in [0.5, 0.6) is 0 Å². The Balaban J connectivity index is 2.04. The van der Waals surface area contributed by atoms with E-state index in [9.17, 15) is 24.1 Å². The molecule has 2 heterocycles. The van der Waals surface area contributed by atoms with Gasteiger partial charge in [0.15, 0.2) is 0 Å². The highest BCUT2D eigenvalue weighted by molar-refractivity contribution is 7.71. The van der Waals surface area contributed by atoms with Gasteiger partial charge in [0.05, 0.1) is 19.3 Å². The van der Waals surface area contributed by atoms with E-state index in [4.69, 9.17) is 9.26 Å². The molecule has 0 amide bonds. The molecule has 0 aliphatic carbocycles. The normalized spacial score (nSPS) is 25.5. The molecule has 4 atom stereocenters. The number of aromatic nitrogens is 2. The van der Waals surface area contributed by atoms with Crippen LogP contribution in [0.3, 0.4) is 0 Å². The summed E-state index contributed by atoms with van der Waals surface area (Å²) in [6.07, 6.45) is -1.58. The van der Waals surface area contributed by atoms with E-state index in [0.717, 1.165) is 17.7 Å². The molecule has 1 aliphatic rings. The molecule has 4 unspecified atom stereocenters. The topological polar surface area (TPSA) is 146 Å². The van der Waals surface area contributed by atoms with Crippen molar-refractivity contribution in [1.29, 1.82) is 0 Å². The van der Waals surface area contributed by atoms with Crippen LogP contribution in [-0.4, -0.2) is 52.9 Å². The van der Waals surface area contributed by atoms with Crippen molar-refractivity contribution in [3.63, 3.8) is 0 Å². The molecule has 1 aromatic heterocycles. The Hall–Kier alpha value is -1.78. The average molecular weight is 378 g/mol. The Morgan fingerprint density at radius 3 is 2.84 bits per heavy atom. The summed E-state index contributed by atoms with van der Waals surface area (Å²) in [5.74, 6) is 0. The van der Waals surface area contributed by atoms with Crippen molar-refractivity contribution in [3.8, 4) is 0 Å². The number of nitrogens with one attached hydrogen (secondary N) is 1. The number of hydrogen-bond acceptors (Lipinski definition) is 9. The lowest BCUT2D eigenvalue weighted by Crippen LogP contribution is -2.31. The second kappa shape index (κ2) is 8.07. The maximum absolute atomic E-state index is 12.2. The van der Waals surface area contributed by atoms with Crippen molar-refractivity contribution < 1.29 is 33.0 Å². The number of carbonyl (C=O) groups is 1. The molecule has 1 fully saturated rings. The Bertz CT molecular complexity index is 773. The third-order valence-corrected chi connectivity index (χ3v) is 5.05. The van der Waals surface area contributed by atoms with Gasteiger partial charge in [-0.05, 0) is 6.92 Å². The molecule has 2 rings (SSSR count). The van der Waals surface area contributed by atoms with Gasteiger partial charge in [0.1, 0.15) is 12.3 Å². The van der Waals surface area contributed by atoms with E-state index in [1.165, 1.54) is 13.1 Å². The van der Waals surface area contributed by atoms with Gasteiger partial charge in [-0.2, -0.15) is 0 Å². The van der Waals surface area contributed by atoms with E-state index in [1.54, 1.807) is 0 Å². The van der Waals surface area contributed by atoms with E-state index in [1.807, 2.05) is 0 Å². The summed E-state index contributed by atoms with van der Waals surface area (Å²) in [6, 6.07) is 1.14. The molecule has 12 heteroatoms. The first-order valence-corrected chi connectivity index (χ1v) is 8.97. The second-order valence-corrected chi connectivity index (χ2v) is 7.11. The molecule has 0 bridgehead atoms. The number of rotatable bonds is 7. The fraction of sp³-hybridized carbons (Fsp3) is 0.615. The van der Waals surface area contributed by atoms with Gasteiger partial charge in [0.2, 0.25) is 0 Å². The van der Waals surface area contributed by atoms with Crippen molar-refractivity contribution >= 4 is 13.3 Å². The minimum Gasteiger partial charge on any atom is -0.457 e. The lowest BCUT2D eigenvalue weighted by molar-refractivity contribution is -0.0427. The molecular formula is C13H19N2O9P. The summed E-state index contributed by atoms with van der Waals surface area (Å²) in [4.78, 5) is 36.5. The molecule has 2 N–H and O–H groups in total. The van der Waals surface area contributed by atoms with Gasteiger partial charge in [-0.25, -0.2) is 14.2 Å². The van der Waals surface area contributed by atoms with Crippen molar-refractivity contribution in [2.24, 2.45) is 0 Å². The Morgan fingerprint density at radius 2 is 2.24 bits per heavy atom. The number of hydrogen-bond donors (Lipinski definition) is 2. The molecule has 1 aliphatic heterocycles. The van der Waals surface area contributed by atoms with Crippen LogP contribution in [0.25, 0.3) is 0 Å². The van der Waals surface area contributed by atoms with Crippen molar-refractivity contribution in [1.82, 2.24) is 9.55 Å². The summed E-state index contributed by atoms with van der Waals surface area (Å²) in [5.41, 5.74) is -2.39. The molecule has 1 aromatic rings. The first-order valence-electron chi connectivity index (χ1n) is 7.43. The lowest BCUT2D eigenvalue weighted by atomic mass is 10.2. The van der Waals surface area contributed by atoms with Gasteiger partial charge in [0, 0.05) is 25.8 Å². The van der Waals surface area contributed by atoms with E-state index in [-0.39, 0.29) is 13.0 Å². The van der Waals surface area contributed by atoms with Gasteiger partial charge >= 0.3 is 19.0 Å². The third-order valence-electron chi connectivity index (χ3n) is 3.51. The van der Waals surface area contributed by atoms with Gasteiger partial charge in [-0.1, -0.05) is 0 Å². The summed E-state index contributed by atoms with van der Waals surface area (Å²) in [6.45, 7) is 1.11. The number of aliphatic hydroxyl groups excluding tert-OH is 1. The van der Waals surface area contributed by atoms with E-state index in [0.29, 0.717) is 0 Å². The van der Waals surface area contributed by atoms with Crippen molar-refractivity contribution in [2.45, 2.75) is 31.8 Å². The zero-order chi connectivity index (χ0) is 18.6. The number of H-pyrrole nitrogens is 1. The van der Waals surface area contributed by atoms with Gasteiger partial charge in [0.25, 0.3) is 5.56 Å². The number of ether oxygens (including phenoxy) is 2. The Morgan fingerprint density at radius 1 is 1.52 bits per heavy atom. The Labute approximate surface area is 142 Å². The van der Waals surface area contributed by atoms with Crippen LogP contribution in [0, 0.1) is 0 Å². The molecule has 0 saturated carbocycles. The number of carbonyl (C=O) groups excluding carboxylic acids is 1. The number of nitrogens with zero attached hydrogens (tertiary/aromatic N) is 1. The molecule has 1 saturated heterocycles. The quantitative estimate of drug-likeness (QED) is 0.635. The molecule has 0 spiro atoms. The first kappa shape index (κ1) is 19.5. The molecule has 25 heavy (non-hydrogen) atoms. The lowest BCUT2D eigenvalue weighted by Gasteiger charge is -2.19. The van der Waals surface area contributed by atoms with Crippen LogP contribution in [-0.2, 0) is 23.1 Å². The zero-order valence-electron chi connectivity index (χ0n) is 13.6. The molecule has 140 valence electrons. The van der Waals surface area contributed by atoms with Crippen LogP contribution >= 0.6 is 7.60 Å². The van der Waals surface area contributed by atoms with Crippen LogP contribution in [0.2, 0.25) is 0 Å². The first-order chi connectivity index (χ1) is 11.8. The predicted molar refractivity (Wildman–Crippen MR) is 83.4 cm³/mol. The van der Waals surface area contributed by atoms with Crippen molar-refractivity contribution in [2.75, 3.05) is 20.3 Å². The fourth-order valence-electron chi connectivity index (χ4n) is 2.24. The standard InChI is InChI=1S/C13H19N2O9P/c1-3-22-13(19)25(20,21-2)23-7-9-8(16)6-11(24-9)15-5-4-10(17)14-12(15)18/h4-5,8-9,11,16H,3,6-7H2,1-2H3,(H,14,17,18). The van der Waals surface area contributed by atoms with E-state index in [2.05, 4.69) is 14.2 Å². The predicted octanol–water partition coefficient (Wildman–Crippen LogP) is 0.198. The highest BCUT2D eigenvalue weighted by Gasteiger charge is 2.41. The van der Waals surface area contributed by atoms with Gasteiger partial charge in [-0.3, -0.25) is 18.9 Å². The highest BCUT2D eigenvalue weighted by Crippen LogP contribution is 2.49. The SMILES string of the molecule is CCOC(=O)P(=O)(OC)OCC1OC(n2ccc(=O)[nH]c2=O)CC1O. The Kier molecular flexibility index (Phi) is 6.31. The smallest absolute Gasteiger partial charge is 0.438 e. The van der Waals surface area contributed by atoms with Crippen LogP contribution in [0.15, 0.2) is 21.9 Å². The molecule has 0 radical (unpaired) electrons. The summed E-state index contributed by atoms with van der Waals surface area (Å²) >= 11 is 0. The van der Waals surface area contributed by atoms with Gasteiger partial charge < -0.3 is 19.1 Å². The second-order valence-electron chi connectivity index (χ2n) is 5.12. The van der Waals surface area contributed by atoms with Crippen molar-refractivity contribution in [3.05, 3.63) is 33.1 Å². The van der Waals surface area contributed by atoms with E-state index >= 15 is 0 Å². The summed E-state index contributed by atoms with van der Waals surface area (Å²) in [5, 5.41) is 10.0. The zero-order valence-corrected chi connectivity index (χ0v) is 14.5. The molecule has 0 aromatic carbocycles. The largest absolute Gasteiger partial charge is 0.457 e. The third kappa shape index (κ3) is 4.44. The van der Waals surface area contributed by atoms with Crippen LogP contribution in [0.1, 0.15) is 19.6 Å². The van der Waals surface area contributed by atoms with E-state index < -0.39 is 49.6 Å². The maximum atomic E-state index is 12.2.